The zero-order chi connectivity index (χ0) is 15.3. The molecule has 1 heterocycles. The smallest absolute Gasteiger partial charge is 0.00499 e. The average Bonchev–Trinajstić information content (AvgIpc) is 2.94. The lowest BCUT2D eigenvalue weighted by atomic mass is 9.75. The van der Waals surface area contributed by atoms with Gasteiger partial charge in [-0.1, -0.05) is 40.5 Å². The highest BCUT2D eigenvalue weighted by Crippen LogP contribution is 2.46. The van der Waals surface area contributed by atoms with E-state index < -0.39 is 0 Å². The molecule has 1 N–H and O–H groups in total. The van der Waals surface area contributed by atoms with Crippen LogP contribution in [-0.2, 0) is 0 Å². The molecule has 1 saturated carbocycles. The molecule has 0 aromatic heterocycles. The highest BCUT2D eigenvalue weighted by Gasteiger charge is 2.38. The summed E-state index contributed by atoms with van der Waals surface area (Å²) < 4.78 is 0. The number of likely N-dealkylation sites (tertiary alicyclic amines) is 1. The molecule has 0 radical (unpaired) electrons. The molecule has 2 aliphatic rings. The second-order valence-corrected chi connectivity index (χ2v) is 8.23. The first kappa shape index (κ1) is 17.3. The van der Waals surface area contributed by atoms with Gasteiger partial charge >= 0.3 is 0 Å². The van der Waals surface area contributed by atoms with Crippen molar-refractivity contribution in [2.75, 3.05) is 26.2 Å². The van der Waals surface area contributed by atoms with Gasteiger partial charge in [0.15, 0.2) is 0 Å². The number of piperidine rings is 1. The summed E-state index contributed by atoms with van der Waals surface area (Å²) in [7, 11) is 0. The van der Waals surface area contributed by atoms with Gasteiger partial charge in [0.2, 0.25) is 0 Å². The van der Waals surface area contributed by atoms with Gasteiger partial charge in [-0.05, 0) is 62.4 Å². The molecule has 0 amide bonds. The molecular formula is C19H38N2. The predicted molar refractivity (Wildman–Crippen MR) is 92.7 cm³/mol. The molecule has 2 nitrogen and oxygen atoms in total. The van der Waals surface area contributed by atoms with Crippen LogP contribution < -0.4 is 5.32 Å². The van der Waals surface area contributed by atoms with Crippen LogP contribution in [0, 0.1) is 10.8 Å². The van der Waals surface area contributed by atoms with Crippen molar-refractivity contribution >= 4 is 0 Å². The van der Waals surface area contributed by atoms with E-state index in [0.29, 0.717) is 11.5 Å². The van der Waals surface area contributed by atoms with Crippen LogP contribution in [0.2, 0.25) is 0 Å². The van der Waals surface area contributed by atoms with Crippen LogP contribution in [0.3, 0.4) is 0 Å². The summed E-state index contributed by atoms with van der Waals surface area (Å²) in [6.07, 6.45) is 11.5. The van der Waals surface area contributed by atoms with Crippen molar-refractivity contribution < 1.29 is 0 Å². The normalized spacial score (nSPS) is 23.3. The molecule has 21 heavy (non-hydrogen) atoms. The highest BCUT2D eigenvalue weighted by atomic mass is 15.1. The summed E-state index contributed by atoms with van der Waals surface area (Å²) in [5.41, 5.74) is 1.23. The molecule has 0 atom stereocenters. The largest absolute Gasteiger partial charge is 0.314 e. The van der Waals surface area contributed by atoms with Gasteiger partial charge in [-0.15, -0.1) is 0 Å². The summed E-state index contributed by atoms with van der Waals surface area (Å²) in [6.45, 7) is 14.5. The molecule has 2 rings (SSSR count). The van der Waals surface area contributed by atoms with Crippen LogP contribution in [0.1, 0.15) is 79.1 Å². The van der Waals surface area contributed by atoms with Gasteiger partial charge in [-0.2, -0.15) is 0 Å². The van der Waals surface area contributed by atoms with Crippen LogP contribution >= 0.6 is 0 Å². The van der Waals surface area contributed by atoms with Crippen LogP contribution in [0.15, 0.2) is 0 Å². The van der Waals surface area contributed by atoms with Crippen molar-refractivity contribution in [3.8, 4) is 0 Å². The van der Waals surface area contributed by atoms with Crippen LogP contribution in [0.5, 0.6) is 0 Å². The summed E-state index contributed by atoms with van der Waals surface area (Å²) in [5, 5.41) is 3.70. The lowest BCUT2D eigenvalue weighted by Gasteiger charge is -2.44. The maximum absolute atomic E-state index is 3.70. The SMILES string of the molecule is CCC(CC)(CNC(C)C)CN1CCC2(CCCC2)CC1. The lowest BCUT2D eigenvalue weighted by molar-refractivity contribution is 0.0623. The van der Waals surface area contributed by atoms with Crippen molar-refractivity contribution in [1.82, 2.24) is 10.2 Å². The molecule has 1 saturated heterocycles. The summed E-state index contributed by atoms with van der Waals surface area (Å²) in [6, 6.07) is 0.602. The molecule has 0 unspecified atom stereocenters. The first-order chi connectivity index (χ1) is 10.0. The van der Waals surface area contributed by atoms with Crippen molar-refractivity contribution in [1.29, 1.82) is 0 Å². The van der Waals surface area contributed by atoms with Gasteiger partial charge in [0.25, 0.3) is 0 Å². The Morgan fingerprint density at radius 3 is 2.05 bits per heavy atom. The third kappa shape index (κ3) is 4.45. The Labute approximate surface area is 133 Å². The third-order valence-corrected chi connectivity index (χ3v) is 6.53. The summed E-state index contributed by atoms with van der Waals surface area (Å²) >= 11 is 0. The van der Waals surface area contributed by atoms with Crippen molar-refractivity contribution in [2.45, 2.75) is 85.1 Å². The van der Waals surface area contributed by atoms with Crippen molar-refractivity contribution in [2.24, 2.45) is 10.8 Å². The Kier molecular flexibility index (Phi) is 6.14. The first-order valence-electron chi connectivity index (χ1n) is 9.49. The second kappa shape index (κ2) is 7.46. The minimum atomic E-state index is 0.477. The fourth-order valence-corrected chi connectivity index (χ4v) is 4.48. The van der Waals surface area contributed by atoms with E-state index in [2.05, 4.69) is 37.9 Å². The molecule has 2 heteroatoms. The average molecular weight is 295 g/mol. The monoisotopic (exact) mass is 294 g/mol. The summed E-state index contributed by atoms with van der Waals surface area (Å²) in [4.78, 5) is 2.78. The van der Waals surface area contributed by atoms with E-state index >= 15 is 0 Å². The molecule has 1 aliphatic carbocycles. The van der Waals surface area contributed by atoms with E-state index in [1.165, 1.54) is 77.5 Å². The molecule has 2 fully saturated rings. The Morgan fingerprint density at radius 2 is 1.57 bits per heavy atom. The Bertz CT molecular complexity index is 291. The van der Waals surface area contributed by atoms with E-state index in [9.17, 15) is 0 Å². The van der Waals surface area contributed by atoms with Crippen molar-refractivity contribution in [3.05, 3.63) is 0 Å². The molecular weight excluding hydrogens is 256 g/mol. The second-order valence-electron chi connectivity index (χ2n) is 8.23. The van der Waals surface area contributed by atoms with Gasteiger partial charge in [-0.25, -0.2) is 0 Å². The van der Waals surface area contributed by atoms with Crippen LogP contribution in [0.25, 0.3) is 0 Å². The van der Waals surface area contributed by atoms with E-state index in [1.807, 2.05) is 0 Å². The van der Waals surface area contributed by atoms with Crippen LogP contribution in [0.4, 0.5) is 0 Å². The number of hydrogen-bond donors (Lipinski definition) is 1. The Hall–Kier alpha value is -0.0800. The predicted octanol–water partition coefficient (Wildman–Crippen LogP) is 4.45. The van der Waals surface area contributed by atoms with E-state index in [1.54, 1.807) is 0 Å². The molecule has 0 aromatic carbocycles. The topological polar surface area (TPSA) is 15.3 Å². The van der Waals surface area contributed by atoms with Gasteiger partial charge in [0.05, 0.1) is 0 Å². The van der Waals surface area contributed by atoms with Gasteiger partial charge in [0.1, 0.15) is 0 Å². The zero-order valence-electron chi connectivity index (χ0n) is 15.0. The minimum Gasteiger partial charge on any atom is -0.314 e. The fraction of sp³-hybridized carbons (Fsp3) is 1.00. The van der Waals surface area contributed by atoms with E-state index in [0.717, 1.165) is 5.41 Å². The number of nitrogens with zero attached hydrogens (tertiary/aromatic N) is 1. The molecule has 0 bridgehead atoms. The number of nitrogens with one attached hydrogen (secondary N) is 1. The Morgan fingerprint density at radius 1 is 1.00 bits per heavy atom. The zero-order valence-corrected chi connectivity index (χ0v) is 15.0. The minimum absolute atomic E-state index is 0.477. The fourth-order valence-electron chi connectivity index (χ4n) is 4.48. The summed E-state index contributed by atoms with van der Waals surface area (Å²) in [5.74, 6) is 0. The third-order valence-electron chi connectivity index (χ3n) is 6.53. The molecule has 124 valence electrons. The van der Waals surface area contributed by atoms with Crippen molar-refractivity contribution in [3.63, 3.8) is 0 Å². The van der Waals surface area contributed by atoms with Crippen LogP contribution in [-0.4, -0.2) is 37.1 Å². The molecule has 0 aromatic rings. The standard InChI is InChI=1S/C19H38N2/c1-5-18(6-2,15-20-17(3)4)16-21-13-11-19(12-14-21)9-7-8-10-19/h17,20H,5-16H2,1-4H3. The molecule has 1 aliphatic heterocycles. The maximum atomic E-state index is 3.70. The van der Waals surface area contributed by atoms with Gasteiger partial charge in [0, 0.05) is 19.1 Å². The lowest BCUT2D eigenvalue weighted by Crippen LogP contribution is -2.48. The van der Waals surface area contributed by atoms with E-state index in [-0.39, 0.29) is 0 Å². The number of hydrogen-bond acceptors (Lipinski definition) is 2. The maximum Gasteiger partial charge on any atom is 0.00499 e. The molecule has 1 spiro atoms. The first-order valence-corrected chi connectivity index (χ1v) is 9.49. The van der Waals surface area contributed by atoms with E-state index in [4.69, 9.17) is 0 Å². The highest BCUT2D eigenvalue weighted by molar-refractivity contribution is 4.92. The van der Waals surface area contributed by atoms with Gasteiger partial charge in [-0.3, -0.25) is 0 Å². The van der Waals surface area contributed by atoms with Gasteiger partial charge < -0.3 is 10.2 Å². The Balaban J connectivity index is 1.86. The quantitative estimate of drug-likeness (QED) is 0.746. The number of rotatable bonds is 7.